The zero-order chi connectivity index (χ0) is 30.4. The van der Waals surface area contributed by atoms with Gasteiger partial charge in [-0.15, -0.1) is 0 Å². The van der Waals surface area contributed by atoms with E-state index in [9.17, 15) is 18.4 Å². The zero-order valence-corrected chi connectivity index (χ0v) is 25.5. The van der Waals surface area contributed by atoms with Crippen LogP contribution in [0.1, 0.15) is 85.2 Å². The first-order chi connectivity index (χ1) is 21.3. The van der Waals surface area contributed by atoms with E-state index >= 15 is 0 Å². The van der Waals surface area contributed by atoms with Gasteiger partial charge in [-0.3, -0.25) is 9.69 Å². The molecule has 0 bridgehead atoms. The van der Waals surface area contributed by atoms with Gasteiger partial charge in [-0.1, -0.05) is 49.6 Å². The van der Waals surface area contributed by atoms with Gasteiger partial charge in [-0.05, 0) is 73.9 Å². The molecule has 2 aromatic carbocycles. The van der Waals surface area contributed by atoms with Gasteiger partial charge in [0.2, 0.25) is 0 Å². The van der Waals surface area contributed by atoms with E-state index in [4.69, 9.17) is 4.74 Å². The Kier molecular flexibility index (Phi) is 7.81. The Hall–Kier alpha value is -3.52. The first-order valence-electron chi connectivity index (χ1n) is 16.3. The average Bonchev–Trinajstić information content (AvgIpc) is 3.26. The molecular weight excluding hydrogens is 560 g/mol. The maximum atomic E-state index is 14.2. The Morgan fingerprint density at radius 3 is 2.45 bits per heavy atom. The number of rotatable bonds is 4. The molecule has 3 aliphatic heterocycles. The summed E-state index contributed by atoms with van der Waals surface area (Å²) in [5.41, 5.74) is 6.75. The number of hydrogen-bond acceptors (Lipinski definition) is 4. The Morgan fingerprint density at radius 1 is 0.932 bits per heavy atom. The summed E-state index contributed by atoms with van der Waals surface area (Å²) >= 11 is 0. The molecule has 2 saturated heterocycles. The number of amides is 1. The first kappa shape index (κ1) is 29.2. The number of likely N-dealkylation sites (tertiary alicyclic amines) is 2. The number of esters is 1. The molecule has 1 aromatic heterocycles. The van der Waals surface area contributed by atoms with Gasteiger partial charge < -0.3 is 14.2 Å². The van der Waals surface area contributed by atoms with E-state index in [1.165, 1.54) is 31.9 Å². The molecule has 0 radical (unpaired) electrons. The number of hydrogen-bond donors (Lipinski definition) is 0. The van der Waals surface area contributed by atoms with Crippen LogP contribution in [-0.2, 0) is 16.1 Å². The lowest BCUT2D eigenvalue weighted by Gasteiger charge is -2.42. The zero-order valence-electron chi connectivity index (χ0n) is 25.5. The van der Waals surface area contributed by atoms with Crippen LogP contribution in [0.4, 0.5) is 8.78 Å². The van der Waals surface area contributed by atoms with Crippen molar-refractivity contribution in [2.75, 3.05) is 33.3 Å². The largest absolute Gasteiger partial charge is 0.465 e. The third-order valence-electron chi connectivity index (χ3n) is 10.4. The van der Waals surface area contributed by atoms with Gasteiger partial charge in [-0.2, -0.15) is 0 Å². The van der Waals surface area contributed by atoms with Crippen molar-refractivity contribution < 1.29 is 23.1 Å². The molecule has 0 unspecified atom stereocenters. The first-order valence-corrected chi connectivity index (χ1v) is 16.3. The number of piperidine rings is 2. The van der Waals surface area contributed by atoms with Crippen molar-refractivity contribution in [1.82, 2.24) is 14.4 Å². The minimum absolute atomic E-state index is 0.000246. The molecule has 7 rings (SSSR count). The summed E-state index contributed by atoms with van der Waals surface area (Å²) in [4.78, 5) is 30.7. The van der Waals surface area contributed by atoms with Crippen LogP contribution in [0.15, 0.2) is 48.0 Å². The molecule has 44 heavy (non-hydrogen) atoms. The number of halogens is 2. The van der Waals surface area contributed by atoms with Crippen molar-refractivity contribution in [2.45, 2.75) is 82.2 Å². The number of nitrogens with zero attached hydrogens (tertiary/aromatic N) is 3. The molecule has 4 heterocycles. The molecule has 0 spiro atoms. The standard InChI is InChI=1S/C36H41F2N3O3/c1-44-35(43)26-12-13-30-31(21-26)41-22-27(34(42)39-18-14-28(15-19-39)40-17-7-16-36(37,38)23-40)20-25-10-5-6-11-29(25)33(41)32(30)24-8-3-2-4-9-24/h5-6,10-13,20-21,24,28H,2-4,7-9,14-19,22-23H2,1H3. The third kappa shape index (κ3) is 5.35. The number of fused-ring (bicyclic) bond motifs is 5. The minimum Gasteiger partial charge on any atom is -0.465 e. The predicted molar refractivity (Wildman–Crippen MR) is 168 cm³/mol. The fourth-order valence-corrected chi connectivity index (χ4v) is 8.20. The number of carbonyl (C=O) groups is 2. The minimum atomic E-state index is -2.62. The molecule has 232 valence electrons. The number of benzene rings is 2. The molecule has 3 aromatic rings. The molecule has 1 amide bonds. The van der Waals surface area contributed by atoms with E-state index < -0.39 is 5.92 Å². The highest BCUT2D eigenvalue weighted by molar-refractivity contribution is 6.03. The SMILES string of the molecule is COC(=O)c1ccc2c(C3CCCCC3)c3n(c2c1)CC(C(=O)N1CCC(N2CCCC(F)(F)C2)CC1)=Cc1ccccc1-3. The summed E-state index contributed by atoms with van der Waals surface area (Å²) in [5.74, 6) is -2.58. The lowest BCUT2D eigenvalue weighted by atomic mass is 9.81. The number of alkyl halides is 2. The molecule has 1 saturated carbocycles. The summed E-state index contributed by atoms with van der Waals surface area (Å²) in [7, 11) is 1.40. The van der Waals surface area contributed by atoms with E-state index in [2.05, 4.69) is 28.8 Å². The van der Waals surface area contributed by atoms with Crippen LogP contribution in [0.2, 0.25) is 0 Å². The summed E-state index contributed by atoms with van der Waals surface area (Å²) in [5, 5.41) is 1.14. The van der Waals surface area contributed by atoms with Crippen molar-refractivity contribution in [1.29, 1.82) is 0 Å². The summed E-state index contributed by atoms with van der Waals surface area (Å²) in [6, 6.07) is 14.2. The van der Waals surface area contributed by atoms with Gasteiger partial charge in [0, 0.05) is 47.6 Å². The van der Waals surface area contributed by atoms with Gasteiger partial charge in [0.1, 0.15) is 0 Å². The van der Waals surface area contributed by atoms with E-state index in [1.54, 1.807) is 0 Å². The quantitative estimate of drug-likeness (QED) is 0.296. The highest BCUT2D eigenvalue weighted by Crippen LogP contribution is 2.46. The topological polar surface area (TPSA) is 54.8 Å². The van der Waals surface area contributed by atoms with Gasteiger partial charge >= 0.3 is 5.97 Å². The molecule has 4 aliphatic rings. The smallest absolute Gasteiger partial charge is 0.337 e. The van der Waals surface area contributed by atoms with Gasteiger partial charge in [-0.25, -0.2) is 13.6 Å². The van der Waals surface area contributed by atoms with Crippen molar-refractivity contribution in [3.05, 3.63) is 64.7 Å². The maximum absolute atomic E-state index is 14.2. The van der Waals surface area contributed by atoms with E-state index in [0.717, 1.165) is 40.6 Å². The van der Waals surface area contributed by atoms with Crippen LogP contribution in [0.25, 0.3) is 28.2 Å². The molecular formula is C36H41F2N3O3. The van der Waals surface area contributed by atoms with Gasteiger partial charge in [0.05, 0.1) is 31.5 Å². The molecule has 6 nitrogen and oxygen atoms in total. The Morgan fingerprint density at radius 2 is 1.70 bits per heavy atom. The van der Waals surface area contributed by atoms with Crippen molar-refractivity contribution >= 4 is 28.9 Å². The fraction of sp³-hybridized carbons (Fsp3) is 0.500. The third-order valence-corrected chi connectivity index (χ3v) is 10.4. The Labute approximate surface area is 257 Å². The maximum Gasteiger partial charge on any atom is 0.337 e. The average molecular weight is 602 g/mol. The summed E-state index contributed by atoms with van der Waals surface area (Å²) in [6.07, 6.45) is 9.86. The second-order valence-electron chi connectivity index (χ2n) is 13.1. The molecule has 1 aliphatic carbocycles. The number of carbonyl (C=O) groups excluding carboxylic acids is 2. The monoisotopic (exact) mass is 601 g/mol. The molecule has 0 atom stereocenters. The second-order valence-corrected chi connectivity index (χ2v) is 13.1. The van der Waals surface area contributed by atoms with Gasteiger partial charge in [0.25, 0.3) is 11.8 Å². The Bertz CT molecular complexity index is 1610. The normalized spacial score (nSPS) is 21.3. The van der Waals surface area contributed by atoms with E-state index in [0.29, 0.717) is 62.5 Å². The predicted octanol–water partition coefficient (Wildman–Crippen LogP) is 7.26. The summed E-state index contributed by atoms with van der Waals surface area (Å²) in [6.45, 7) is 2.05. The van der Waals surface area contributed by atoms with Crippen LogP contribution in [0.3, 0.4) is 0 Å². The van der Waals surface area contributed by atoms with E-state index in [-0.39, 0.29) is 30.9 Å². The molecule has 0 N–H and O–H groups in total. The van der Waals surface area contributed by atoms with Gasteiger partial charge in [0.15, 0.2) is 0 Å². The number of aromatic nitrogens is 1. The second kappa shape index (κ2) is 11.8. The highest BCUT2D eigenvalue weighted by Gasteiger charge is 2.39. The van der Waals surface area contributed by atoms with Crippen LogP contribution in [0.5, 0.6) is 0 Å². The molecule has 8 heteroatoms. The Balaban J connectivity index is 1.25. The lowest BCUT2D eigenvalue weighted by Crippen LogP contribution is -2.52. The molecule has 3 fully saturated rings. The van der Waals surface area contributed by atoms with Crippen molar-refractivity contribution in [2.24, 2.45) is 0 Å². The van der Waals surface area contributed by atoms with Crippen LogP contribution in [0, 0.1) is 0 Å². The van der Waals surface area contributed by atoms with Crippen molar-refractivity contribution in [3.63, 3.8) is 0 Å². The van der Waals surface area contributed by atoms with Crippen LogP contribution in [-0.4, -0.2) is 71.5 Å². The van der Waals surface area contributed by atoms with Crippen LogP contribution >= 0.6 is 0 Å². The number of ether oxygens (including phenoxy) is 1. The van der Waals surface area contributed by atoms with Crippen LogP contribution < -0.4 is 0 Å². The lowest BCUT2D eigenvalue weighted by molar-refractivity contribution is -0.130. The van der Waals surface area contributed by atoms with Crippen molar-refractivity contribution in [3.8, 4) is 11.3 Å². The fourth-order valence-electron chi connectivity index (χ4n) is 8.20. The number of methoxy groups -OCH3 is 1. The summed E-state index contributed by atoms with van der Waals surface area (Å²) < 4.78 is 35.6. The highest BCUT2D eigenvalue weighted by atomic mass is 19.3. The van der Waals surface area contributed by atoms with E-state index in [1.807, 2.05) is 34.1 Å².